The largest absolute Gasteiger partial charge is 0.441 e. The number of benzene rings is 2. The van der Waals surface area contributed by atoms with Crippen molar-refractivity contribution in [1.82, 2.24) is 4.98 Å². The molecule has 0 amide bonds. The van der Waals surface area contributed by atoms with Gasteiger partial charge in [-0.25, -0.2) is 4.98 Å². The normalized spacial score (nSPS) is 12.2. The molecule has 0 aliphatic heterocycles. The lowest BCUT2D eigenvalue weighted by molar-refractivity contribution is 0.540. The fourth-order valence-corrected chi connectivity index (χ4v) is 3.55. The van der Waals surface area contributed by atoms with Gasteiger partial charge in [0.15, 0.2) is 0 Å². The van der Waals surface area contributed by atoms with E-state index in [1.165, 1.54) is 5.56 Å². The Bertz CT molecular complexity index is 782. The van der Waals surface area contributed by atoms with E-state index in [9.17, 15) is 4.21 Å². The lowest BCUT2D eigenvalue weighted by Crippen LogP contribution is -2.05. The SMILES string of the molecule is Cc1oc(-c2ccccc2)nc1CS(=O)CCc1ccccc1. The van der Waals surface area contributed by atoms with E-state index in [1.807, 2.05) is 55.5 Å². The van der Waals surface area contributed by atoms with Crippen molar-refractivity contribution in [2.24, 2.45) is 0 Å². The predicted octanol–water partition coefficient (Wildman–Crippen LogP) is 4.14. The van der Waals surface area contributed by atoms with Crippen LogP contribution < -0.4 is 0 Å². The minimum absolute atomic E-state index is 0.439. The number of rotatable bonds is 6. The fourth-order valence-electron chi connectivity index (χ4n) is 2.37. The molecule has 0 spiro atoms. The highest BCUT2D eigenvalue weighted by Gasteiger charge is 2.13. The van der Waals surface area contributed by atoms with Crippen molar-refractivity contribution in [2.75, 3.05) is 5.75 Å². The van der Waals surface area contributed by atoms with Crippen LogP contribution in [-0.2, 0) is 23.0 Å². The number of hydrogen-bond donors (Lipinski definition) is 0. The summed E-state index contributed by atoms with van der Waals surface area (Å²) in [4.78, 5) is 4.52. The van der Waals surface area contributed by atoms with Gasteiger partial charge in [-0.3, -0.25) is 4.21 Å². The van der Waals surface area contributed by atoms with Crippen LogP contribution in [0, 0.1) is 6.92 Å². The molecule has 2 aromatic carbocycles. The Morgan fingerprint density at radius 3 is 2.35 bits per heavy atom. The van der Waals surface area contributed by atoms with Crippen LogP contribution in [0.2, 0.25) is 0 Å². The van der Waals surface area contributed by atoms with E-state index in [0.717, 1.165) is 23.4 Å². The molecule has 0 N–H and O–H groups in total. The average Bonchev–Trinajstić information content (AvgIpc) is 2.95. The van der Waals surface area contributed by atoms with Crippen molar-refractivity contribution in [3.63, 3.8) is 0 Å². The molecule has 0 aliphatic carbocycles. The minimum Gasteiger partial charge on any atom is -0.441 e. The Morgan fingerprint density at radius 1 is 1.00 bits per heavy atom. The fraction of sp³-hybridized carbons (Fsp3) is 0.211. The molecular formula is C19H19NO2S. The molecule has 0 saturated heterocycles. The van der Waals surface area contributed by atoms with Crippen molar-refractivity contribution in [3.8, 4) is 11.5 Å². The Labute approximate surface area is 138 Å². The molecule has 3 rings (SSSR count). The van der Waals surface area contributed by atoms with Crippen LogP contribution in [0.15, 0.2) is 65.1 Å². The molecule has 4 heteroatoms. The highest BCUT2D eigenvalue weighted by molar-refractivity contribution is 7.84. The summed E-state index contributed by atoms with van der Waals surface area (Å²) < 4.78 is 18.0. The van der Waals surface area contributed by atoms with E-state index in [4.69, 9.17) is 4.42 Å². The van der Waals surface area contributed by atoms with Gasteiger partial charge < -0.3 is 4.42 Å². The minimum atomic E-state index is -0.947. The summed E-state index contributed by atoms with van der Waals surface area (Å²) in [7, 11) is -0.947. The summed E-state index contributed by atoms with van der Waals surface area (Å²) in [5.74, 6) is 2.42. The highest BCUT2D eigenvalue weighted by Crippen LogP contribution is 2.22. The highest BCUT2D eigenvalue weighted by atomic mass is 32.2. The van der Waals surface area contributed by atoms with Gasteiger partial charge in [0.2, 0.25) is 5.89 Å². The molecule has 1 atom stereocenters. The second-order valence-electron chi connectivity index (χ2n) is 5.41. The van der Waals surface area contributed by atoms with Gasteiger partial charge in [0, 0.05) is 22.1 Å². The van der Waals surface area contributed by atoms with Crippen LogP contribution in [0.4, 0.5) is 0 Å². The van der Waals surface area contributed by atoms with Crippen LogP contribution in [-0.4, -0.2) is 14.9 Å². The molecule has 0 saturated carbocycles. The van der Waals surface area contributed by atoms with E-state index in [2.05, 4.69) is 17.1 Å². The predicted molar refractivity (Wildman–Crippen MR) is 93.5 cm³/mol. The topological polar surface area (TPSA) is 43.1 Å². The third-order valence-electron chi connectivity index (χ3n) is 3.67. The Morgan fingerprint density at radius 2 is 1.65 bits per heavy atom. The molecule has 23 heavy (non-hydrogen) atoms. The first-order valence-corrected chi connectivity index (χ1v) is 9.12. The summed E-state index contributed by atoms with van der Waals surface area (Å²) in [6.07, 6.45) is 0.815. The first-order valence-electron chi connectivity index (χ1n) is 7.63. The van der Waals surface area contributed by atoms with Crippen LogP contribution in [0.1, 0.15) is 17.0 Å². The Kier molecular flexibility index (Phi) is 5.03. The van der Waals surface area contributed by atoms with Crippen molar-refractivity contribution >= 4 is 10.8 Å². The van der Waals surface area contributed by atoms with Crippen molar-refractivity contribution in [3.05, 3.63) is 77.7 Å². The summed E-state index contributed by atoms with van der Waals surface area (Å²) >= 11 is 0. The van der Waals surface area contributed by atoms with Gasteiger partial charge in [-0.05, 0) is 31.0 Å². The number of aromatic nitrogens is 1. The standard InChI is InChI=1S/C19H19NO2S/c1-15-18(20-19(22-15)17-10-6-3-7-11-17)14-23(21)13-12-16-8-4-2-5-9-16/h2-11H,12-14H2,1H3. The maximum absolute atomic E-state index is 12.3. The molecule has 1 heterocycles. The van der Waals surface area contributed by atoms with Crippen LogP contribution in [0.3, 0.4) is 0 Å². The second-order valence-corrected chi connectivity index (χ2v) is 6.99. The molecule has 0 aliphatic rings. The van der Waals surface area contributed by atoms with Crippen molar-refractivity contribution < 1.29 is 8.63 Å². The van der Waals surface area contributed by atoms with Gasteiger partial charge in [0.25, 0.3) is 0 Å². The van der Waals surface area contributed by atoms with Gasteiger partial charge in [-0.2, -0.15) is 0 Å². The molecule has 0 fully saturated rings. The molecule has 1 aromatic heterocycles. The van der Waals surface area contributed by atoms with Gasteiger partial charge >= 0.3 is 0 Å². The molecular weight excluding hydrogens is 306 g/mol. The average molecular weight is 325 g/mol. The van der Waals surface area contributed by atoms with Crippen LogP contribution >= 0.6 is 0 Å². The Balaban J connectivity index is 1.64. The second kappa shape index (κ2) is 7.38. The quantitative estimate of drug-likeness (QED) is 0.684. The van der Waals surface area contributed by atoms with Crippen molar-refractivity contribution in [2.45, 2.75) is 19.1 Å². The van der Waals surface area contributed by atoms with Gasteiger partial charge in [-0.15, -0.1) is 0 Å². The molecule has 118 valence electrons. The van der Waals surface area contributed by atoms with E-state index in [0.29, 0.717) is 17.4 Å². The molecule has 1 unspecified atom stereocenters. The van der Waals surface area contributed by atoms with E-state index in [1.54, 1.807) is 0 Å². The number of hydrogen-bond acceptors (Lipinski definition) is 3. The summed E-state index contributed by atoms with van der Waals surface area (Å²) in [6, 6.07) is 19.9. The monoisotopic (exact) mass is 325 g/mol. The molecule has 3 nitrogen and oxygen atoms in total. The van der Waals surface area contributed by atoms with Crippen molar-refractivity contribution in [1.29, 1.82) is 0 Å². The zero-order chi connectivity index (χ0) is 16.1. The van der Waals surface area contributed by atoms with Crippen LogP contribution in [0.5, 0.6) is 0 Å². The number of aryl methyl sites for hydroxylation is 2. The third kappa shape index (κ3) is 4.17. The van der Waals surface area contributed by atoms with Crippen LogP contribution in [0.25, 0.3) is 11.5 Å². The lowest BCUT2D eigenvalue weighted by atomic mass is 10.2. The summed E-state index contributed by atoms with van der Waals surface area (Å²) in [5, 5.41) is 0. The lowest BCUT2D eigenvalue weighted by Gasteiger charge is -2.01. The first-order chi connectivity index (χ1) is 11.2. The van der Waals surface area contributed by atoms with Gasteiger partial charge in [0.1, 0.15) is 5.76 Å². The Hall–Kier alpha value is -2.20. The molecule has 3 aromatic rings. The summed E-state index contributed by atoms with van der Waals surface area (Å²) in [5.41, 5.74) is 2.94. The molecule has 0 radical (unpaired) electrons. The van der Waals surface area contributed by atoms with Gasteiger partial charge in [-0.1, -0.05) is 48.5 Å². The van der Waals surface area contributed by atoms with E-state index in [-0.39, 0.29) is 0 Å². The molecule has 0 bridgehead atoms. The zero-order valence-corrected chi connectivity index (χ0v) is 13.9. The maximum Gasteiger partial charge on any atom is 0.226 e. The van der Waals surface area contributed by atoms with E-state index < -0.39 is 10.8 Å². The summed E-state index contributed by atoms with van der Waals surface area (Å²) in [6.45, 7) is 1.88. The number of oxazole rings is 1. The smallest absolute Gasteiger partial charge is 0.226 e. The number of nitrogens with zero attached hydrogens (tertiary/aromatic N) is 1. The third-order valence-corrected chi connectivity index (χ3v) is 4.93. The van der Waals surface area contributed by atoms with Gasteiger partial charge in [0.05, 0.1) is 11.4 Å². The maximum atomic E-state index is 12.3. The zero-order valence-electron chi connectivity index (χ0n) is 13.1. The van der Waals surface area contributed by atoms with E-state index >= 15 is 0 Å². The first kappa shape index (κ1) is 15.7.